The average Bonchev–Trinajstić information content (AvgIpc) is 3.02. The number of ether oxygens (including phenoxy) is 2. The van der Waals surface area contributed by atoms with Crippen LogP contribution in [0.5, 0.6) is 5.75 Å². The Morgan fingerprint density at radius 1 is 1.23 bits per heavy atom. The number of hydrogen-bond acceptors (Lipinski definition) is 5. The Bertz CT molecular complexity index is 843. The van der Waals surface area contributed by atoms with Crippen molar-refractivity contribution in [2.45, 2.75) is 62.5 Å². The summed E-state index contributed by atoms with van der Waals surface area (Å²) in [6.45, 7) is -1.74. The molecule has 10 heteroatoms. The van der Waals surface area contributed by atoms with Gasteiger partial charge in [0.15, 0.2) is 0 Å². The molecule has 1 aliphatic carbocycles. The van der Waals surface area contributed by atoms with Crippen LogP contribution >= 0.6 is 0 Å². The lowest BCUT2D eigenvalue weighted by Gasteiger charge is -2.37. The Labute approximate surface area is 177 Å². The summed E-state index contributed by atoms with van der Waals surface area (Å²) in [7, 11) is 0. The number of rotatable bonds is 6. The SMILES string of the molecule is O=C(C[C@H]1C[C@H]2c3cc(NC(=O)C4CCC4)ccc3O[C@H]2[C@@H](CO)O1)NCC(F)(F)F. The molecule has 0 unspecified atom stereocenters. The van der Waals surface area contributed by atoms with Gasteiger partial charge in [0.05, 0.1) is 19.1 Å². The Morgan fingerprint density at radius 2 is 2.00 bits per heavy atom. The molecule has 4 rings (SSSR count). The zero-order chi connectivity index (χ0) is 22.2. The minimum atomic E-state index is -4.49. The zero-order valence-corrected chi connectivity index (χ0v) is 16.8. The van der Waals surface area contributed by atoms with Gasteiger partial charge in [-0.3, -0.25) is 9.59 Å². The predicted octanol–water partition coefficient (Wildman–Crippen LogP) is 2.49. The van der Waals surface area contributed by atoms with Gasteiger partial charge in [-0.1, -0.05) is 6.42 Å². The first-order chi connectivity index (χ1) is 14.7. The second kappa shape index (κ2) is 8.66. The number of carbonyl (C=O) groups is 2. The third-order valence-electron chi connectivity index (χ3n) is 6.14. The molecule has 2 aliphatic heterocycles. The Balaban J connectivity index is 1.44. The lowest BCUT2D eigenvalue weighted by Crippen LogP contribution is -2.47. The number of amides is 2. The van der Waals surface area contributed by atoms with Crippen molar-refractivity contribution in [3.8, 4) is 5.75 Å². The number of fused-ring (bicyclic) bond motifs is 3. The summed E-state index contributed by atoms with van der Waals surface area (Å²) in [6, 6.07) is 5.34. The predicted molar refractivity (Wildman–Crippen MR) is 104 cm³/mol. The van der Waals surface area contributed by atoms with Gasteiger partial charge in [-0.05, 0) is 37.5 Å². The van der Waals surface area contributed by atoms with Crippen LogP contribution in [0, 0.1) is 5.92 Å². The summed E-state index contributed by atoms with van der Waals surface area (Å²) in [5.74, 6) is -0.333. The van der Waals surface area contributed by atoms with Gasteiger partial charge in [-0.25, -0.2) is 0 Å². The molecule has 2 fully saturated rings. The largest absolute Gasteiger partial charge is 0.487 e. The molecule has 1 aromatic carbocycles. The van der Waals surface area contributed by atoms with Gasteiger partial charge in [0.2, 0.25) is 11.8 Å². The van der Waals surface area contributed by atoms with E-state index >= 15 is 0 Å². The molecule has 7 nitrogen and oxygen atoms in total. The van der Waals surface area contributed by atoms with Crippen molar-refractivity contribution in [2.75, 3.05) is 18.5 Å². The number of aliphatic hydroxyl groups is 1. The molecular weight excluding hydrogens is 417 g/mol. The quantitative estimate of drug-likeness (QED) is 0.629. The van der Waals surface area contributed by atoms with Crippen LogP contribution in [-0.4, -0.2) is 54.6 Å². The molecule has 31 heavy (non-hydrogen) atoms. The van der Waals surface area contributed by atoms with Crippen LogP contribution in [-0.2, 0) is 14.3 Å². The lowest BCUT2D eigenvalue weighted by atomic mass is 9.83. The maximum atomic E-state index is 12.3. The maximum Gasteiger partial charge on any atom is 0.405 e. The van der Waals surface area contributed by atoms with E-state index in [-0.39, 0.29) is 30.8 Å². The molecule has 4 atom stereocenters. The van der Waals surface area contributed by atoms with E-state index in [1.807, 2.05) is 11.4 Å². The fourth-order valence-corrected chi connectivity index (χ4v) is 4.36. The van der Waals surface area contributed by atoms with E-state index in [1.54, 1.807) is 12.1 Å². The van der Waals surface area contributed by atoms with Crippen molar-refractivity contribution in [1.82, 2.24) is 5.32 Å². The molecule has 1 saturated heterocycles. The van der Waals surface area contributed by atoms with Gasteiger partial charge < -0.3 is 25.2 Å². The first-order valence-electron chi connectivity index (χ1n) is 10.4. The van der Waals surface area contributed by atoms with Crippen LogP contribution in [0.3, 0.4) is 0 Å². The smallest absolute Gasteiger partial charge is 0.405 e. The molecular formula is C21H25F3N2O5. The van der Waals surface area contributed by atoms with E-state index in [1.165, 1.54) is 0 Å². The van der Waals surface area contributed by atoms with E-state index in [4.69, 9.17) is 9.47 Å². The molecule has 0 spiro atoms. The number of anilines is 1. The summed E-state index contributed by atoms with van der Waals surface area (Å²) in [4.78, 5) is 24.2. The highest BCUT2D eigenvalue weighted by atomic mass is 19.4. The minimum Gasteiger partial charge on any atom is -0.487 e. The van der Waals surface area contributed by atoms with Crippen LogP contribution in [0.2, 0.25) is 0 Å². The monoisotopic (exact) mass is 442 g/mol. The number of hydrogen-bond donors (Lipinski definition) is 3. The van der Waals surface area contributed by atoms with Crippen LogP contribution < -0.4 is 15.4 Å². The molecule has 170 valence electrons. The molecule has 0 bridgehead atoms. The number of alkyl halides is 3. The van der Waals surface area contributed by atoms with Crippen LogP contribution in [0.15, 0.2) is 18.2 Å². The summed E-state index contributed by atoms with van der Waals surface area (Å²) in [6.07, 6.45) is -3.38. The van der Waals surface area contributed by atoms with Gasteiger partial charge in [-0.15, -0.1) is 0 Å². The highest BCUT2D eigenvalue weighted by molar-refractivity contribution is 5.93. The van der Waals surface area contributed by atoms with E-state index < -0.39 is 36.9 Å². The molecule has 2 amide bonds. The van der Waals surface area contributed by atoms with Gasteiger partial charge in [0.25, 0.3) is 0 Å². The van der Waals surface area contributed by atoms with Crippen molar-refractivity contribution in [3.05, 3.63) is 23.8 Å². The van der Waals surface area contributed by atoms with Crippen molar-refractivity contribution >= 4 is 17.5 Å². The normalized spacial score (nSPS) is 27.5. The number of carbonyl (C=O) groups excluding carboxylic acids is 2. The van der Waals surface area contributed by atoms with Crippen molar-refractivity contribution in [2.24, 2.45) is 5.92 Å². The lowest BCUT2D eigenvalue weighted by molar-refractivity contribution is -0.149. The number of halogens is 3. The van der Waals surface area contributed by atoms with Crippen molar-refractivity contribution < 1.29 is 37.3 Å². The number of aliphatic hydroxyl groups excluding tert-OH is 1. The van der Waals surface area contributed by atoms with Crippen LogP contribution in [0.1, 0.15) is 43.6 Å². The minimum absolute atomic E-state index is 0.0129. The van der Waals surface area contributed by atoms with Gasteiger partial charge in [0.1, 0.15) is 24.5 Å². The summed E-state index contributed by atoms with van der Waals surface area (Å²) < 4.78 is 48.7. The molecule has 3 N–H and O–H groups in total. The van der Waals surface area contributed by atoms with Crippen LogP contribution in [0.25, 0.3) is 0 Å². The first-order valence-corrected chi connectivity index (χ1v) is 10.4. The maximum absolute atomic E-state index is 12.3. The van der Waals surface area contributed by atoms with Gasteiger partial charge >= 0.3 is 6.18 Å². The molecule has 0 radical (unpaired) electrons. The first kappa shape index (κ1) is 21.9. The second-order valence-corrected chi connectivity index (χ2v) is 8.37. The van der Waals surface area contributed by atoms with E-state index in [9.17, 15) is 27.9 Å². The third kappa shape index (κ3) is 4.95. The fourth-order valence-electron chi connectivity index (χ4n) is 4.36. The summed E-state index contributed by atoms with van der Waals surface area (Å²) in [5, 5.41) is 14.5. The molecule has 3 aliphatic rings. The number of nitrogens with one attached hydrogen (secondary N) is 2. The van der Waals surface area contributed by atoms with E-state index in [2.05, 4.69) is 5.32 Å². The zero-order valence-electron chi connectivity index (χ0n) is 16.8. The standard InChI is InChI=1S/C21H25F3N2O5/c22-21(23,24)10-25-18(28)8-13-7-15-14-6-12(26-20(29)11-2-1-3-11)4-5-16(14)31-19(15)17(9-27)30-13/h4-6,11,13,15,17,19,27H,1-3,7-10H2,(H,25,28)(H,26,29)/t13-,15+,17-,19-/m1/s1. The Hall–Kier alpha value is -2.33. The van der Waals surface area contributed by atoms with Crippen molar-refractivity contribution in [1.29, 1.82) is 0 Å². The third-order valence-corrected chi connectivity index (χ3v) is 6.14. The topological polar surface area (TPSA) is 96.9 Å². The average molecular weight is 442 g/mol. The second-order valence-electron chi connectivity index (χ2n) is 8.37. The van der Waals surface area contributed by atoms with Crippen molar-refractivity contribution in [3.63, 3.8) is 0 Å². The molecule has 0 aromatic heterocycles. The fraction of sp³-hybridized carbons (Fsp3) is 0.619. The van der Waals surface area contributed by atoms with Gasteiger partial charge in [0, 0.05) is 23.1 Å². The van der Waals surface area contributed by atoms with Crippen LogP contribution in [0.4, 0.5) is 18.9 Å². The Morgan fingerprint density at radius 3 is 2.65 bits per heavy atom. The summed E-state index contributed by atoms with van der Waals surface area (Å²) >= 11 is 0. The van der Waals surface area contributed by atoms with E-state index in [0.717, 1.165) is 24.8 Å². The molecule has 1 saturated carbocycles. The number of benzene rings is 1. The molecule has 2 heterocycles. The van der Waals surface area contributed by atoms with E-state index in [0.29, 0.717) is 17.9 Å². The highest BCUT2D eigenvalue weighted by Crippen LogP contribution is 2.47. The summed E-state index contributed by atoms with van der Waals surface area (Å²) in [5.41, 5.74) is 1.48. The highest BCUT2D eigenvalue weighted by Gasteiger charge is 2.46. The Kier molecular flexibility index (Phi) is 6.11. The van der Waals surface area contributed by atoms with Gasteiger partial charge in [-0.2, -0.15) is 13.2 Å². The molecule has 1 aromatic rings.